The zero-order valence-corrected chi connectivity index (χ0v) is 5.75. The first-order chi connectivity index (χ1) is 5.34. The molecule has 3 nitrogen and oxygen atoms in total. The third kappa shape index (κ3) is 2.00. The number of halogens is 1. The molecule has 1 N–H and O–H groups in total. The monoisotopic (exact) mass is 154 g/mol. The highest BCUT2D eigenvalue weighted by atomic mass is 19.1. The summed E-state index contributed by atoms with van der Waals surface area (Å²) in [6, 6.07) is 1.47. The summed E-state index contributed by atoms with van der Waals surface area (Å²) >= 11 is 0. The molecule has 0 spiro atoms. The summed E-state index contributed by atoms with van der Waals surface area (Å²) < 4.78 is 12.7. The van der Waals surface area contributed by atoms with Gasteiger partial charge in [-0.25, -0.2) is 4.39 Å². The van der Waals surface area contributed by atoms with Gasteiger partial charge in [-0.2, -0.15) is 0 Å². The van der Waals surface area contributed by atoms with Crippen molar-refractivity contribution in [2.45, 2.75) is 0 Å². The van der Waals surface area contributed by atoms with Crippen LogP contribution < -0.4 is 5.32 Å². The van der Waals surface area contributed by atoms with Crippen LogP contribution in [0.25, 0.3) is 0 Å². The molecule has 1 heterocycles. The Balaban J connectivity index is 2.69. The average molecular weight is 154 g/mol. The zero-order valence-electron chi connectivity index (χ0n) is 5.75. The lowest BCUT2D eigenvalue weighted by atomic mass is 10.4. The van der Waals surface area contributed by atoms with Gasteiger partial charge in [0.15, 0.2) is 5.82 Å². The molecule has 0 fully saturated rings. The summed E-state index contributed by atoms with van der Waals surface area (Å²) in [5.74, 6) is -0.450. The van der Waals surface area contributed by atoms with Gasteiger partial charge in [-0.1, -0.05) is 0 Å². The molecular formula is C7H7FN2O. The van der Waals surface area contributed by atoms with Crippen molar-refractivity contribution in [2.24, 2.45) is 0 Å². The van der Waals surface area contributed by atoms with Gasteiger partial charge in [0.05, 0.1) is 18.4 Å². The van der Waals surface area contributed by atoms with Gasteiger partial charge in [0.1, 0.15) is 6.29 Å². The van der Waals surface area contributed by atoms with Gasteiger partial charge < -0.3 is 10.1 Å². The molecule has 0 aromatic carbocycles. The summed E-state index contributed by atoms with van der Waals surface area (Å²) in [7, 11) is 0. The van der Waals surface area contributed by atoms with Crippen molar-refractivity contribution in [1.29, 1.82) is 0 Å². The Morgan fingerprint density at radius 3 is 3.18 bits per heavy atom. The normalized spacial score (nSPS) is 9.18. The van der Waals surface area contributed by atoms with Gasteiger partial charge in [-0.3, -0.25) is 4.98 Å². The maximum Gasteiger partial charge on any atom is 0.164 e. The van der Waals surface area contributed by atoms with Gasteiger partial charge in [0.2, 0.25) is 0 Å². The molecule has 1 aromatic rings. The van der Waals surface area contributed by atoms with Gasteiger partial charge >= 0.3 is 0 Å². The maximum absolute atomic E-state index is 12.7. The van der Waals surface area contributed by atoms with E-state index in [0.717, 1.165) is 6.20 Å². The predicted molar refractivity (Wildman–Crippen MR) is 38.7 cm³/mol. The van der Waals surface area contributed by atoms with Crippen LogP contribution in [0.15, 0.2) is 18.5 Å². The smallest absolute Gasteiger partial charge is 0.164 e. The van der Waals surface area contributed by atoms with E-state index < -0.39 is 5.82 Å². The average Bonchev–Trinajstić information content (AvgIpc) is 2.03. The van der Waals surface area contributed by atoms with Crippen molar-refractivity contribution in [2.75, 3.05) is 11.9 Å². The summed E-state index contributed by atoms with van der Waals surface area (Å²) in [6.45, 7) is 0.112. The van der Waals surface area contributed by atoms with E-state index in [1.54, 1.807) is 0 Å². The van der Waals surface area contributed by atoms with Crippen LogP contribution in [0, 0.1) is 5.82 Å². The lowest BCUT2D eigenvalue weighted by Gasteiger charge is -2.00. The maximum atomic E-state index is 12.7. The number of anilines is 1. The number of carbonyl (C=O) groups excluding carboxylic acids is 1. The summed E-state index contributed by atoms with van der Waals surface area (Å²) in [5, 5.41) is 2.58. The van der Waals surface area contributed by atoms with Crippen molar-refractivity contribution < 1.29 is 9.18 Å². The molecule has 1 aromatic heterocycles. The molecule has 0 aliphatic rings. The number of nitrogens with zero attached hydrogens (tertiary/aromatic N) is 1. The molecular weight excluding hydrogens is 147 g/mol. The largest absolute Gasteiger partial charge is 0.376 e. The lowest BCUT2D eigenvalue weighted by molar-refractivity contribution is -0.106. The fraction of sp³-hybridized carbons (Fsp3) is 0.143. The zero-order chi connectivity index (χ0) is 8.10. The van der Waals surface area contributed by atoms with Crippen LogP contribution in [0.3, 0.4) is 0 Å². The Labute approximate surface area is 63.3 Å². The van der Waals surface area contributed by atoms with Crippen molar-refractivity contribution in [3.63, 3.8) is 0 Å². The molecule has 0 unspecified atom stereocenters. The van der Waals surface area contributed by atoms with E-state index in [1.165, 1.54) is 12.3 Å². The van der Waals surface area contributed by atoms with Crippen LogP contribution in [-0.2, 0) is 4.79 Å². The quantitative estimate of drug-likeness (QED) is 0.655. The number of pyridine rings is 1. The van der Waals surface area contributed by atoms with E-state index in [1.807, 2.05) is 0 Å². The molecule has 11 heavy (non-hydrogen) atoms. The van der Waals surface area contributed by atoms with E-state index in [-0.39, 0.29) is 6.54 Å². The Bertz CT molecular complexity index is 252. The highest BCUT2D eigenvalue weighted by molar-refractivity contribution is 5.59. The van der Waals surface area contributed by atoms with E-state index in [2.05, 4.69) is 10.3 Å². The summed E-state index contributed by atoms with van der Waals surface area (Å²) in [5.41, 5.74) is 0.298. The van der Waals surface area contributed by atoms with E-state index in [9.17, 15) is 9.18 Å². The first-order valence-corrected chi connectivity index (χ1v) is 3.11. The Kier molecular flexibility index (Phi) is 2.54. The Morgan fingerprint density at radius 2 is 2.55 bits per heavy atom. The highest BCUT2D eigenvalue weighted by Gasteiger charge is 1.97. The first kappa shape index (κ1) is 7.65. The molecule has 0 bridgehead atoms. The van der Waals surface area contributed by atoms with Crippen LogP contribution in [-0.4, -0.2) is 17.8 Å². The number of nitrogens with one attached hydrogen (secondary N) is 1. The second kappa shape index (κ2) is 3.65. The Morgan fingerprint density at radius 1 is 1.73 bits per heavy atom. The molecule has 0 radical (unpaired) electrons. The van der Waals surface area contributed by atoms with Gasteiger partial charge in [-0.15, -0.1) is 0 Å². The number of hydrogen-bond donors (Lipinski definition) is 1. The second-order valence-corrected chi connectivity index (χ2v) is 1.90. The third-order valence-corrected chi connectivity index (χ3v) is 1.15. The van der Waals surface area contributed by atoms with Gasteiger partial charge in [0, 0.05) is 6.20 Å². The number of aromatic nitrogens is 1. The number of rotatable bonds is 3. The first-order valence-electron chi connectivity index (χ1n) is 3.11. The number of carbonyl (C=O) groups is 1. The minimum atomic E-state index is -0.450. The van der Waals surface area contributed by atoms with E-state index in [4.69, 9.17) is 0 Å². The van der Waals surface area contributed by atoms with Crippen LogP contribution in [0.1, 0.15) is 0 Å². The molecule has 4 heteroatoms. The van der Waals surface area contributed by atoms with E-state index >= 15 is 0 Å². The third-order valence-electron chi connectivity index (χ3n) is 1.15. The Hall–Kier alpha value is -1.45. The van der Waals surface area contributed by atoms with Crippen LogP contribution >= 0.6 is 0 Å². The van der Waals surface area contributed by atoms with Crippen LogP contribution in [0.4, 0.5) is 10.1 Å². The lowest BCUT2D eigenvalue weighted by Crippen LogP contribution is -2.03. The predicted octanol–water partition coefficient (Wildman–Crippen LogP) is 0.831. The van der Waals surface area contributed by atoms with Crippen molar-refractivity contribution in [1.82, 2.24) is 4.98 Å². The minimum absolute atomic E-state index is 0.112. The summed E-state index contributed by atoms with van der Waals surface area (Å²) in [6.07, 6.45) is 3.21. The fourth-order valence-electron chi connectivity index (χ4n) is 0.670. The minimum Gasteiger partial charge on any atom is -0.376 e. The molecule has 0 saturated carbocycles. The molecule has 0 aliphatic carbocycles. The van der Waals surface area contributed by atoms with Gasteiger partial charge in [-0.05, 0) is 6.07 Å². The fourth-order valence-corrected chi connectivity index (χ4v) is 0.670. The molecule has 58 valence electrons. The number of aldehydes is 1. The molecule has 1 rings (SSSR count). The van der Waals surface area contributed by atoms with Crippen LogP contribution in [0.2, 0.25) is 0 Å². The molecule has 0 amide bonds. The second-order valence-electron chi connectivity index (χ2n) is 1.90. The van der Waals surface area contributed by atoms with Crippen molar-refractivity contribution >= 4 is 12.0 Å². The SMILES string of the molecule is O=CCNc1ccncc1F. The van der Waals surface area contributed by atoms with Crippen molar-refractivity contribution in [3.8, 4) is 0 Å². The summed E-state index contributed by atoms with van der Waals surface area (Å²) in [4.78, 5) is 13.4. The topological polar surface area (TPSA) is 42.0 Å². The van der Waals surface area contributed by atoms with Crippen molar-refractivity contribution in [3.05, 3.63) is 24.3 Å². The van der Waals surface area contributed by atoms with E-state index in [0.29, 0.717) is 12.0 Å². The number of hydrogen-bond acceptors (Lipinski definition) is 3. The standard InChI is InChI=1S/C7H7FN2O/c8-6-5-9-2-1-7(6)10-3-4-11/h1-2,4-5H,3H2,(H,9,10). The van der Waals surface area contributed by atoms with Gasteiger partial charge in [0.25, 0.3) is 0 Å². The molecule has 0 atom stereocenters. The highest BCUT2D eigenvalue weighted by Crippen LogP contribution is 2.09. The van der Waals surface area contributed by atoms with Crippen LogP contribution in [0.5, 0.6) is 0 Å². The molecule has 0 saturated heterocycles. The molecule has 0 aliphatic heterocycles.